The molecule has 3 rings (SSSR count). The van der Waals surface area contributed by atoms with Crippen LogP contribution in [-0.2, 0) is 16.6 Å². The molecule has 0 atom stereocenters. The molecule has 0 aliphatic heterocycles. The molecule has 1 aliphatic rings. The second kappa shape index (κ2) is 9.44. The molecule has 0 bridgehead atoms. The average molecular weight is 415 g/mol. The van der Waals surface area contributed by atoms with Crippen LogP contribution in [0.1, 0.15) is 60.0 Å². The van der Waals surface area contributed by atoms with Gasteiger partial charge in [-0.1, -0.05) is 49.9 Å². The number of carbonyl (C=O) groups is 1. The highest BCUT2D eigenvalue weighted by Crippen LogP contribution is 2.23. The first-order valence-corrected chi connectivity index (χ1v) is 12.1. The third-order valence-corrected chi connectivity index (χ3v) is 6.72. The summed E-state index contributed by atoms with van der Waals surface area (Å²) in [5.41, 5.74) is 3.11. The van der Waals surface area contributed by atoms with Crippen molar-refractivity contribution in [2.45, 2.75) is 58.0 Å². The van der Waals surface area contributed by atoms with E-state index in [4.69, 9.17) is 0 Å². The van der Waals surface area contributed by atoms with Crippen molar-refractivity contribution in [2.24, 2.45) is 0 Å². The summed E-state index contributed by atoms with van der Waals surface area (Å²) in [7, 11) is -3.46. The molecular weight excluding hydrogens is 384 g/mol. The van der Waals surface area contributed by atoms with E-state index in [2.05, 4.69) is 5.32 Å². The van der Waals surface area contributed by atoms with E-state index in [1.165, 1.54) is 23.4 Å². The van der Waals surface area contributed by atoms with Crippen LogP contribution in [0.25, 0.3) is 0 Å². The second-order valence-electron chi connectivity index (χ2n) is 7.90. The molecule has 6 heteroatoms. The van der Waals surface area contributed by atoms with Crippen molar-refractivity contribution in [3.63, 3.8) is 0 Å². The molecule has 0 heterocycles. The number of amides is 1. The van der Waals surface area contributed by atoms with Crippen LogP contribution in [0.4, 0.5) is 5.69 Å². The lowest BCUT2D eigenvalue weighted by molar-refractivity contribution is 0.0933. The third kappa shape index (κ3) is 5.82. The van der Waals surface area contributed by atoms with Crippen LogP contribution in [0, 0.1) is 6.92 Å². The van der Waals surface area contributed by atoms with E-state index in [-0.39, 0.29) is 18.5 Å². The van der Waals surface area contributed by atoms with Gasteiger partial charge in [0.25, 0.3) is 5.91 Å². The van der Waals surface area contributed by atoms with E-state index in [1.54, 1.807) is 24.3 Å². The van der Waals surface area contributed by atoms with Gasteiger partial charge in [-0.25, -0.2) is 8.42 Å². The summed E-state index contributed by atoms with van der Waals surface area (Å²) in [5, 5.41) is 3.13. The number of sulfonamides is 1. The molecule has 1 amide bonds. The standard InChI is InChI=1S/C23H30N2O3S/c1-18-9-7-8-10-20(18)17-25(29(2,27)28)22-15-13-19(14-16-22)23(26)24-21-11-5-3-4-6-12-21/h7-10,13-16,21H,3-6,11-12,17H2,1-2H3,(H,24,26). The van der Waals surface area contributed by atoms with Crippen LogP contribution in [0.5, 0.6) is 0 Å². The maximum Gasteiger partial charge on any atom is 0.251 e. The number of anilines is 1. The lowest BCUT2D eigenvalue weighted by Gasteiger charge is -2.23. The van der Waals surface area contributed by atoms with Gasteiger partial charge in [-0.2, -0.15) is 0 Å². The zero-order chi connectivity index (χ0) is 20.9. The van der Waals surface area contributed by atoms with E-state index < -0.39 is 10.0 Å². The van der Waals surface area contributed by atoms with Crippen molar-refractivity contribution in [3.8, 4) is 0 Å². The first-order valence-electron chi connectivity index (χ1n) is 10.3. The Kier molecular flexibility index (Phi) is 6.96. The molecule has 29 heavy (non-hydrogen) atoms. The van der Waals surface area contributed by atoms with Gasteiger partial charge in [-0.3, -0.25) is 9.10 Å². The van der Waals surface area contributed by atoms with Crippen LogP contribution in [-0.4, -0.2) is 26.6 Å². The monoisotopic (exact) mass is 414 g/mol. The summed E-state index contributed by atoms with van der Waals surface area (Å²) in [6, 6.07) is 14.8. The lowest BCUT2D eigenvalue weighted by Crippen LogP contribution is -2.34. The molecule has 1 fully saturated rings. The first kappa shape index (κ1) is 21.4. The molecule has 5 nitrogen and oxygen atoms in total. The van der Waals surface area contributed by atoms with Crippen molar-refractivity contribution in [2.75, 3.05) is 10.6 Å². The Morgan fingerprint density at radius 1 is 1.00 bits per heavy atom. The van der Waals surface area contributed by atoms with E-state index in [1.807, 2.05) is 31.2 Å². The predicted molar refractivity (Wildman–Crippen MR) is 118 cm³/mol. The van der Waals surface area contributed by atoms with Crippen molar-refractivity contribution in [1.29, 1.82) is 0 Å². The number of nitrogens with one attached hydrogen (secondary N) is 1. The summed E-state index contributed by atoms with van der Waals surface area (Å²) in [5.74, 6) is -0.0896. The highest BCUT2D eigenvalue weighted by Gasteiger charge is 2.20. The minimum atomic E-state index is -3.46. The van der Waals surface area contributed by atoms with Gasteiger partial charge < -0.3 is 5.32 Å². The SMILES string of the molecule is Cc1ccccc1CN(c1ccc(C(=O)NC2CCCCCC2)cc1)S(C)(=O)=O. The Bertz CT molecular complexity index is 931. The Hall–Kier alpha value is -2.34. The first-order chi connectivity index (χ1) is 13.8. The van der Waals surface area contributed by atoms with Gasteiger partial charge in [-0.15, -0.1) is 0 Å². The normalized spacial score (nSPS) is 15.5. The summed E-state index contributed by atoms with van der Waals surface area (Å²) in [6.45, 7) is 2.23. The summed E-state index contributed by atoms with van der Waals surface area (Å²) < 4.78 is 26.2. The Morgan fingerprint density at radius 3 is 2.21 bits per heavy atom. The minimum Gasteiger partial charge on any atom is -0.349 e. The van der Waals surface area contributed by atoms with Gasteiger partial charge in [0.15, 0.2) is 0 Å². The van der Waals surface area contributed by atoms with Gasteiger partial charge in [0, 0.05) is 11.6 Å². The molecule has 0 spiro atoms. The summed E-state index contributed by atoms with van der Waals surface area (Å²) >= 11 is 0. The molecular formula is C23H30N2O3S. The largest absolute Gasteiger partial charge is 0.349 e. The molecule has 1 aliphatic carbocycles. The molecule has 1 N–H and O–H groups in total. The smallest absolute Gasteiger partial charge is 0.251 e. The molecule has 2 aromatic rings. The van der Waals surface area contributed by atoms with Crippen molar-refractivity contribution >= 4 is 21.6 Å². The van der Waals surface area contributed by atoms with Gasteiger partial charge in [0.2, 0.25) is 10.0 Å². The summed E-state index contributed by atoms with van der Waals surface area (Å²) in [6.07, 6.45) is 8.06. The molecule has 0 radical (unpaired) electrons. The number of rotatable bonds is 6. The quantitative estimate of drug-likeness (QED) is 0.712. The zero-order valence-electron chi connectivity index (χ0n) is 17.2. The zero-order valence-corrected chi connectivity index (χ0v) is 18.0. The number of nitrogens with zero attached hydrogens (tertiary/aromatic N) is 1. The van der Waals surface area contributed by atoms with E-state index in [0.29, 0.717) is 11.3 Å². The van der Waals surface area contributed by atoms with Crippen molar-refractivity contribution < 1.29 is 13.2 Å². The van der Waals surface area contributed by atoms with Crippen LogP contribution in [0.3, 0.4) is 0 Å². The number of aryl methyl sites for hydroxylation is 1. The number of benzene rings is 2. The number of carbonyl (C=O) groups excluding carboxylic acids is 1. The molecule has 0 aromatic heterocycles. The van der Waals surface area contributed by atoms with E-state index in [9.17, 15) is 13.2 Å². The Morgan fingerprint density at radius 2 is 1.62 bits per heavy atom. The fourth-order valence-corrected chi connectivity index (χ4v) is 4.69. The van der Waals surface area contributed by atoms with Crippen molar-refractivity contribution in [3.05, 3.63) is 65.2 Å². The Labute approximate surface area is 174 Å². The van der Waals surface area contributed by atoms with E-state index >= 15 is 0 Å². The van der Waals surface area contributed by atoms with Gasteiger partial charge in [-0.05, 0) is 55.2 Å². The lowest BCUT2D eigenvalue weighted by atomic mass is 10.1. The maximum absolute atomic E-state index is 12.6. The Balaban J connectivity index is 1.75. The van der Waals surface area contributed by atoms with Crippen LogP contribution in [0.15, 0.2) is 48.5 Å². The average Bonchev–Trinajstić information content (AvgIpc) is 2.95. The second-order valence-corrected chi connectivity index (χ2v) is 9.81. The molecule has 156 valence electrons. The van der Waals surface area contributed by atoms with Crippen molar-refractivity contribution in [1.82, 2.24) is 5.32 Å². The number of hydrogen-bond acceptors (Lipinski definition) is 3. The van der Waals surface area contributed by atoms with Crippen LogP contribution >= 0.6 is 0 Å². The van der Waals surface area contributed by atoms with Gasteiger partial charge in [0.05, 0.1) is 18.5 Å². The summed E-state index contributed by atoms with van der Waals surface area (Å²) in [4.78, 5) is 12.6. The van der Waals surface area contributed by atoms with E-state index in [0.717, 1.165) is 36.8 Å². The fourth-order valence-electron chi connectivity index (χ4n) is 3.81. The fraction of sp³-hybridized carbons (Fsp3) is 0.435. The third-order valence-electron chi connectivity index (χ3n) is 5.58. The minimum absolute atomic E-state index is 0.0896. The molecule has 0 saturated heterocycles. The molecule has 2 aromatic carbocycles. The highest BCUT2D eigenvalue weighted by molar-refractivity contribution is 7.92. The maximum atomic E-state index is 12.6. The topological polar surface area (TPSA) is 66.5 Å². The number of hydrogen-bond donors (Lipinski definition) is 1. The highest BCUT2D eigenvalue weighted by atomic mass is 32.2. The van der Waals surface area contributed by atoms with Gasteiger partial charge >= 0.3 is 0 Å². The van der Waals surface area contributed by atoms with Crippen LogP contribution in [0.2, 0.25) is 0 Å². The molecule has 0 unspecified atom stereocenters. The van der Waals surface area contributed by atoms with Crippen LogP contribution < -0.4 is 9.62 Å². The van der Waals surface area contributed by atoms with Gasteiger partial charge in [0.1, 0.15) is 0 Å². The predicted octanol–water partition coefficient (Wildman–Crippen LogP) is 4.41. The molecule has 1 saturated carbocycles.